The Kier molecular flexibility index (Phi) is 6.78. The van der Waals surface area contributed by atoms with Gasteiger partial charge in [0, 0.05) is 5.02 Å². The van der Waals surface area contributed by atoms with Crippen LogP contribution in [0.3, 0.4) is 0 Å². The zero-order valence-electron chi connectivity index (χ0n) is 14.1. The van der Waals surface area contributed by atoms with Crippen LogP contribution in [0.15, 0.2) is 28.7 Å². The van der Waals surface area contributed by atoms with Crippen molar-refractivity contribution in [2.24, 2.45) is 0 Å². The van der Waals surface area contributed by atoms with Crippen LogP contribution in [0.1, 0.15) is 21.9 Å². The molecule has 0 aliphatic rings. The largest absolute Gasteiger partial charge is 0.495 e. The molecule has 0 fully saturated rings. The van der Waals surface area contributed by atoms with Crippen molar-refractivity contribution in [3.05, 3.63) is 46.4 Å². The summed E-state index contributed by atoms with van der Waals surface area (Å²) in [4.78, 5) is 23.6. The van der Waals surface area contributed by atoms with Gasteiger partial charge in [0.1, 0.15) is 22.8 Å². The molecular weight excluding hydrogens is 366 g/mol. The van der Waals surface area contributed by atoms with E-state index in [-0.39, 0.29) is 11.7 Å². The summed E-state index contributed by atoms with van der Waals surface area (Å²) in [5.41, 5.74) is 0.911. The number of aryl methyl sites for hydroxylation is 1. The second kappa shape index (κ2) is 8.82. The number of benzene rings is 1. The molecule has 8 heteroatoms. The molecule has 0 radical (unpaired) electrons. The van der Waals surface area contributed by atoms with E-state index in [9.17, 15) is 9.59 Å². The van der Waals surface area contributed by atoms with Crippen molar-refractivity contribution in [1.29, 1.82) is 0 Å². The van der Waals surface area contributed by atoms with Gasteiger partial charge in [0.05, 0.1) is 31.4 Å². The average Bonchev–Trinajstić information content (AvgIpc) is 2.95. The Hall–Kier alpha value is -2.12. The SMILES string of the molecule is COC(=O)c1cc(CSCC(=O)Nc2cc(Cl)ccc2OC)oc1C. The van der Waals surface area contributed by atoms with Crippen LogP contribution in [0.4, 0.5) is 5.69 Å². The summed E-state index contributed by atoms with van der Waals surface area (Å²) in [5.74, 6) is 1.67. The molecule has 6 nitrogen and oxygen atoms in total. The Morgan fingerprint density at radius 1 is 1.28 bits per heavy atom. The van der Waals surface area contributed by atoms with Gasteiger partial charge in [-0.25, -0.2) is 4.79 Å². The number of methoxy groups -OCH3 is 2. The van der Waals surface area contributed by atoms with Gasteiger partial charge in [0.15, 0.2) is 0 Å². The predicted molar refractivity (Wildman–Crippen MR) is 97.6 cm³/mol. The van der Waals surface area contributed by atoms with E-state index in [1.807, 2.05) is 0 Å². The van der Waals surface area contributed by atoms with Gasteiger partial charge in [0.2, 0.25) is 5.91 Å². The third-order valence-corrected chi connectivity index (χ3v) is 4.48. The minimum Gasteiger partial charge on any atom is -0.495 e. The normalized spacial score (nSPS) is 10.4. The van der Waals surface area contributed by atoms with Gasteiger partial charge in [-0.3, -0.25) is 4.79 Å². The van der Waals surface area contributed by atoms with E-state index in [0.717, 1.165) is 0 Å². The van der Waals surface area contributed by atoms with Crippen LogP contribution in [-0.4, -0.2) is 31.8 Å². The summed E-state index contributed by atoms with van der Waals surface area (Å²) in [6, 6.07) is 6.63. The molecule has 1 amide bonds. The Morgan fingerprint density at radius 2 is 2.04 bits per heavy atom. The van der Waals surface area contributed by atoms with E-state index < -0.39 is 5.97 Å². The number of ether oxygens (including phenoxy) is 2. The van der Waals surface area contributed by atoms with Crippen LogP contribution in [0.2, 0.25) is 5.02 Å². The number of furan rings is 1. The molecule has 0 aliphatic carbocycles. The topological polar surface area (TPSA) is 77.8 Å². The first-order valence-corrected chi connectivity index (χ1v) is 8.86. The number of thioether (sulfide) groups is 1. The van der Waals surface area contributed by atoms with Gasteiger partial charge in [0.25, 0.3) is 0 Å². The van der Waals surface area contributed by atoms with E-state index in [2.05, 4.69) is 10.1 Å². The summed E-state index contributed by atoms with van der Waals surface area (Å²) in [5, 5.41) is 3.26. The van der Waals surface area contributed by atoms with Crippen LogP contribution in [0, 0.1) is 6.92 Å². The molecule has 0 saturated carbocycles. The molecule has 1 heterocycles. The van der Waals surface area contributed by atoms with E-state index in [0.29, 0.717) is 39.3 Å². The summed E-state index contributed by atoms with van der Waals surface area (Å²) in [6.45, 7) is 1.69. The van der Waals surface area contributed by atoms with E-state index >= 15 is 0 Å². The monoisotopic (exact) mass is 383 g/mol. The zero-order chi connectivity index (χ0) is 18.4. The maximum Gasteiger partial charge on any atom is 0.341 e. The molecule has 25 heavy (non-hydrogen) atoms. The first-order valence-electron chi connectivity index (χ1n) is 7.33. The van der Waals surface area contributed by atoms with Crippen molar-refractivity contribution in [3.63, 3.8) is 0 Å². The molecule has 0 bridgehead atoms. The highest BCUT2D eigenvalue weighted by atomic mass is 35.5. The first kappa shape index (κ1) is 19.2. The van der Waals surface area contributed by atoms with Gasteiger partial charge >= 0.3 is 5.97 Å². The number of halogens is 1. The highest BCUT2D eigenvalue weighted by Gasteiger charge is 2.15. The number of anilines is 1. The summed E-state index contributed by atoms with van der Waals surface area (Å²) in [7, 11) is 2.84. The average molecular weight is 384 g/mol. The lowest BCUT2D eigenvalue weighted by atomic mass is 10.2. The number of hydrogen-bond donors (Lipinski definition) is 1. The highest BCUT2D eigenvalue weighted by molar-refractivity contribution is 7.99. The van der Waals surface area contributed by atoms with Crippen LogP contribution in [0.25, 0.3) is 0 Å². The lowest BCUT2D eigenvalue weighted by Crippen LogP contribution is -2.14. The van der Waals surface area contributed by atoms with Gasteiger partial charge in [-0.05, 0) is 31.2 Å². The lowest BCUT2D eigenvalue weighted by Gasteiger charge is -2.10. The minimum absolute atomic E-state index is 0.193. The quantitative estimate of drug-likeness (QED) is 0.730. The Balaban J connectivity index is 1.89. The number of amides is 1. The summed E-state index contributed by atoms with van der Waals surface area (Å²) >= 11 is 7.30. The molecule has 1 aromatic heterocycles. The van der Waals surface area contributed by atoms with Gasteiger partial charge in [-0.2, -0.15) is 0 Å². The minimum atomic E-state index is -0.441. The fraction of sp³-hybridized carbons (Fsp3) is 0.294. The molecule has 0 saturated heterocycles. The molecule has 2 rings (SSSR count). The van der Waals surface area contributed by atoms with Crippen molar-refractivity contribution in [2.45, 2.75) is 12.7 Å². The molecule has 134 valence electrons. The standard InChI is InChI=1S/C17H18ClNO5S/c1-10-13(17(21)23-3)7-12(24-10)8-25-9-16(20)19-14-6-11(18)4-5-15(14)22-2/h4-7H,8-9H2,1-3H3,(H,19,20). The van der Waals surface area contributed by atoms with Crippen LogP contribution in [-0.2, 0) is 15.3 Å². The number of carbonyl (C=O) groups is 2. The third-order valence-electron chi connectivity index (χ3n) is 3.29. The maximum absolute atomic E-state index is 12.1. The zero-order valence-corrected chi connectivity index (χ0v) is 15.6. The first-order chi connectivity index (χ1) is 11.9. The molecule has 0 aliphatic heterocycles. The number of carbonyl (C=O) groups excluding carboxylic acids is 2. The van der Waals surface area contributed by atoms with Crippen molar-refractivity contribution >= 4 is 40.9 Å². The number of esters is 1. The smallest absolute Gasteiger partial charge is 0.341 e. The summed E-state index contributed by atoms with van der Waals surface area (Å²) < 4.78 is 15.4. The molecule has 0 spiro atoms. The van der Waals surface area contributed by atoms with Gasteiger partial charge in [-0.15, -0.1) is 11.8 Å². The third kappa shape index (κ3) is 5.17. The fourth-order valence-corrected chi connectivity index (χ4v) is 3.01. The number of rotatable bonds is 7. The number of hydrogen-bond acceptors (Lipinski definition) is 6. The van der Waals surface area contributed by atoms with Crippen molar-refractivity contribution in [2.75, 3.05) is 25.3 Å². The van der Waals surface area contributed by atoms with Crippen molar-refractivity contribution in [1.82, 2.24) is 0 Å². The Bertz CT molecular complexity index is 774. The van der Waals surface area contributed by atoms with Crippen LogP contribution in [0.5, 0.6) is 5.75 Å². The van der Waals surface area contributed by atoms with Gasteiger partial charge < -0.3 is 19.2 Å². The molecule has 2 aromatic rings. The van der Waals surface area contributed by atoms with Crippen molar-refractivity contribution in [3.8, 4) is 5.75 Å². The highest BCUT2D eigenvalue weighted by Crippen LogP contribution is 2.28. The Morgan fingerprint density at radius 3 is 2.72 bits per heavy atom. The second-order valence-corrected chi connectivity index (χ2v) is 6.48. The molecular formula is C17H18ClNO5S. The summed E-state index contributed by atoms with van der Waals surface area (Å²) in [6.07, 6.45) is 0. The second-order valence-electron chi connectivity index (χ2n) is 5.06. The lowest BCUT2D eigenvalue weighted by molar-refractivity contribution is -0.113. The van der Waals surface area contributed by atoms with E-state index in [1.165, 1.54) is 26.0 Å². The Labute approximate surface area is 154 Å². The van der Waals surface area contributed by atoms with Crippen molar-refractivity contribution < 1.29 is 23.5 Å². The van der Waals surface area contributed by atoms with Crippen LogP contribution >= 0.6 is 23.4 Å². The molecule has 0 atom stereocenters. The van der Waals surface area contributed by atoms with Gasteiger partial charge in [-0.1, -0.05) is 11.6 Å². The van der Waals surface area contributed by atoms with E-state index in [4.69, 9.17) is 20.8 Å². The molecule has 1 aromatic carbocycles. The predicted octanol–water partition coefficient (Wildman–Crippen LogP) is 3.91. The fourth-order valence-electron chi connectivity index (χ4n) is 2.14. The van der Waals surface area contributed by atoms with E-state index in [1.54, 1.807) is 31.2 Å². The van der Waals surface area contributed by atoms with Crippen LogP contribution < -0.4 is 10.1 Å². The number of nitrogens with one attached hydrogen (secondary N) is 1. The maximum atomic E-state index is 12.1. The molecule has 0 unspecified atom stereocenters. The molecule has 1 N–H and O–H groups in total.